The van der Waals surface area contributed by atoms with E-state index in [2.05, 4.69) is 42.9 Å². The molecule has 16 nitrogen and oxygen atoms in total. The van der Waals surface area contributed by atoms with Crippen LogP contribution in [0.2, 0.25) is 0 Å². The molecule has 3 heterocycles. The number of aromatic nitrogens is 6. The van der Waals surface area contributed by atoms with Gasteiger partial charge in [0.1, 0.15) is 23.0 Å². The van der Waals surface area contributed by atoms with E-state index in [1.54, 1.807) is 35.1 Å². The molecule has 2 amide bonds. The van der Waals surface area contributed by atoms with Crippen molar-refractivity contribution in [3.05, 3.63) is 108 Å². The van der Waals surface area contributed by atoms with Crippen molar-refractivity contribution in [2.45, 2.75) is 72.1 Å². The Morgan fingerprint density at radius 1 is 0.606 bits per heavy atom. The summed E-state index contributed by atoms with van der Waals surface area (Å²) in [5, 5.41) is 64.8. The number of nitrogens with one attached hydrogen (secondary N) is 2. The van der Waals surface area contributed by atoms with Gasteiger partial charge >= 0.3 is 0 Å². The number of ether oxygens (including phenoxy) is 1. The third-order valence-corrected chi connectivity index (χ3v) is 12.4. The number of benzene rings is 4. The van der Waals surface area contributed by atoms with Crippen LogP contribution in [0.1, 0.15) is 90.7 Å². The van der Waals surface area contributed by atoms with Gasteiger partial charge in [-0.25, -0.2) is 0 Å². The van der Waals surface area contributed by atoms with Gasteiger partial charge in [-0.1, -0.05) is 75.4 Å². The highest BCUT2D eigenvalue weighted by molar-refractivity contribution is 5.93. The number of phenolic OH excluding ortho intramolecular Hbond substituents is 4. The van der Waals surface area contributed by atoms with Crippen LogP contribution in [-0.4, -0.2) is 113 Å². The van der Waals surface area contributed by atoms with Crippen LogP contribution in [0.3, 0.4) is 0 Å². The number of unbranched alkanes of at least 4 members (excludes halogenated alkanes) is 4. The maximum atomic E-state index is 13.6. The molecule has 1 aliphatic rings. The molecule has 1 saturated heterocycles. The summed E-state index contributed by atoms with van der Waals surface area (Å²) in [5.41, 5.74) is 3.16. The van der Waals surface area contributed by atoms with Crippen molar-refractivity contribution in [3.8, 4) is 57.1 Å². The van der Waals surface area contributed by atoms with Gasteiger partial charge in [0, 0.05) is 56.2 Å². The lowest BCUT2D eigenvalue weighted by atomic mass is 9.85. The summed E-state index contributed by atoms with van der Waals surface area (Å²) in [4.78, 5) is 29.6. The van der Waals surface area contributed by atoms with E-state index in [0.29, 0.717) is 70.2 Å². The molecule has 6 N–H and O–H groups in total. The molecule has 0 spiro atoms. The summed E-state index contributed by atoms with van der Waals surface area (Å²) in [5.74, 6) is 0.670. The van der Waals surface area contributed by atoms with Crippen LogP contribution < -0.4 is 10.6 Å². The molecule has 0 aliphatic carbocycles. The van der Waals surface area contributed by atoms with Crippen LogP contribution in [0.25, 0.3) is 34.2 Å². The molecule has 1 fully saturated rings. The number of hydrogen-bond acceptors (Lipinski definition) is 12. The average Bonchev–Trinajstić information content (AvgIpc) is 3.97. The number of morpholine rings is 1. The first-order chi connectivity index (χ1) is 32.0. The van der Waals surface area contributed by atoms with Gasteiger partial charge < -0.3 is 35.8 Å². The van der Waals surface area contributed by atoms with Crippen LogP contribution in [-0.2, 0) is 4.74 Å². The normalized spacial score (nSPS) is 13.9. The number of rotatable bonds is 21. The van der Waals surface area contributed by atoms with E-state index in [1.165, 1.54) is 12.1 Å². The van der Waals surface area contributed by atoms with Gasteiger partial charge in [-0.15, -0.1) is 20.4 Å². The van der Waals surface area contributed by atoms with Gasteiger partial charge in [-0.2, -0.15) is 0 Å². The number of carbonyl (C=O) groups is 2. The van der Waals surface area contributed by atoms with E-state index in [0.717, 1.165) is 84.2 Å². The number of aromatic hydroxyl groups is 4. The van der Waals surface area contributed by atoms with Gasteiger partial charge in [-0.05, 0) is 92.5 Å². The molecule has 2 aromatic heterocycles. The highest BCUT2D eigenvalue weighted by Gasteiger charge is 2.26. The Morgan fingerprint density at radius 3 is 1.53 bits per heavy atom. The molecule has 6 aromatic rings. The Morgan fingerprint density at radius 2 is 1.06 bits per heavy atom. The van der Waals surface area contributed by atoms with E-state index in [9.17, 15) is 30.0 Å². The first kappa shape index (κ1) is 47.2. The van der Waals surface area contributed by atoms with Crippen LogP contribution in [0, 0.1) is 25.7 Å². The second kappa shape index (κ2) is 22.4. The van der Waals surface area contributed by atoms with Crippen molar-refractivity contribution in [2.75, 3.05) is 45.9 Å². The molecule has 2 atom stereocenters. The third-order valence-electron chi connectivity index (χ3n) is 12.4. The second-order valence-electron chi connectivity index (χ2n) is 17.2. The lowest BCUT2D eigenvalue weighted by Crippen LogP contribution is -2.40. The predicted molar refractivity (Wildman–Crippen MR) is 251 cm³/mol. The van der Waals surface area contributed by atoms with E-state index in [-0.39, 0.29) is 46.5 Å². The predicted octanol–water partition coefficient (Wildman–Crippen LogP) is 7.49. The summed E-state index contributed by atoms with van der Waals surface area (Å²) >= 11 is 0. The molecule has 348 valence electrons. The Labute approximate surface area is 385 Å². The Hall–Kier alpha value is -6.78. The van der Waals surface area contributed by atoms with Crippen LogP contribution in [0.4, 0.5) is 0 Å². The van der Waals surface area contributed by atoms with Crippen molar-refractivity contribution in [1.82, 2.24) is 45.1 Å². The van der Waals surface area contributed by atoms with E-state index >= 15 is 0 Å². The Kier molecular flexibility index (Phi) is 16.0. The van der Waals surface area contributed by atoms with Gasteiger partial charge in [0.2, 0.25) is 11.6 Å². The van der Waals surface area contributed by atoms with Crippen LogP contribution >= 0.6 is 0 Å². The first-order valence-corrected chi connectivity index (χ1v) is 22.9. The van der Waals surface area contributed by atoms with Gasteiger partial charge in [-0.3, -0.25) is 23.6 Å². The highest BCUT2D eigenvalue weighted by Crippen LogP contribution is 2.37. The molecule has 4 aromatic carbocycles. The SMILES string of the molecule is Cc1cc(-c2nnc(C(=O)NCCCCCC(C)C(CCCCCNC(=O)c3nnc(-c4cc(C)c(O)cc4O)n3-c3ccccc3)CN3CCOCC3)n2-c2ccccc2)c(O)cc1O. The highest BCUT2D eigenvalue weighted by atomic mass is 16.5. The zero-order valence-electron chi connectivity index (χ0n) is 38.0. The molecule has 16 heteroatoms. The van der Waals surface area contributed by atoms with Gasteiger partial charge in [0.05, 0.1) is 24.3 Å². The smallest absolute Gasteiger partial charge is 0.289 e. The standard InChI is InChI=1S/C50H61N9O7/c1-33(16-8-6-14-22-51-49(64)47-55-53-45(58(47)37-18-10-4-11-19-37)39-28-34(2)41(60)30-43(39)62)36(32-57-24-26-66-27-25-57)17-9-7-15-23-52-50(65)48-56-54-46(59(48)38-20-12-5-13-21-38)40-29-35(3)42(61)31-44(40)63/h4-5,10-13,18-21,28-31,33,36,60-63H,6-9,14-17,22-27,32H2,1-3H3,(H,51,64)(H,52,65). The molecule has 1 aliphatic heterocycles. The fraction of sp³-hybridized carbons (Fsp3) is 0.400. The van der Waals surface area contributed by atoms with E-state index < -0.39 is 0 Å². The van der Waals surface area contributed by atoms with Crippen molar-refractivity contribution in [3.63, 3.8) is 0 Å². The first-order valence-electron chi connectivity index (χ1n) is 22.9. The molecule has 0 bridgehead atoms. The summed E-state index contributed by atoms with van der Waals surface area (Å²) in [6.07, 6.45) is 7.76. The van der Waals surface area contributed by atoms with E-state index in [1.807, 2.05) is 60.7 Å². The number of amides is 2. The van der Waals surface area contributed by atoms with Crippen LogP contribution in [0.15, 0.2) is 84.9 Å². The fourth-order valence-corrected chi connectivity index (χ4v) is 8.53. The van der Waals surface area contributed by atoms with Crippen molar-refractivity contribution < 1.29 is 34.8 Å². The minimum atomic E-state index is -0.364. The summed E-state index contributed by atoms with van der Waals surface area (Å²) < 4.78 is 8.88. The molecule has 7 rings (SSSR count). The zero-order valence-corrected chi connectivity index (χ0v) is 38.0. The summed E-state index contributed by atoms with van der Waals surface area (Å²) in [6.45, 7) is 11.2. The molecule has 2 unspecified atom stereocenters. The Bertz CT molecular complexity index is 2560. The van der Waals surface area contributed by atoms with Gasteiger partial charge in [0.25, 0.3) is 11.8 Å². The molecule has 0 saturated carbocycles. The number of aryl methyl sites for hydroxylation is 2. The lowest BCUT2D eigenvalue weighted by molar-refractivity contribution is 0.0248. The number of carbonyl (C=O) groups excluding carboxylic acids is 2. The molecule has 66 heavy (non-hydrogen) atoms. The van der Waals surface area contributed by atoms with Crippen LogP contribution in [0.5, 0.6) is 23.0 Å². The van der Waals surface area contributed by atoms with E-state index in [4.69, 9.17) is 4.74 Å². The maximum Gasteiger partial charge on any atom is 0.289 e. The monoisotopic (exact) mass is 899 g/mol. The number of phenols is 4. The minimum Gasteiger partial charge on any atom is -0.508 e. The van der Waals surface area contributed by atoms with Gasteiger partial charge in [0.15, 0.2) is 11.6 Å². The second-order valence-corrected chi connectivity index (χ2v) is 17.2. The number of hydrogen-bond donors (Lipinski definition) is 6. The maximum absolute atomic E-state index is 13.6. The molecular weight excluding hydrogens is 839 g/mol. The average molecular weight is 900 g/mol. The lowest BCUT2D eigenvalue weighted by Gasteiger charge is -2.33. The van der Waals surface area contributed by atoms with Crippen molar-refractivity contribution in [2.24, 2.45) is 11.8 Å². The van der Waals surface area contributed by atoms with Crippen molar-refractivity contribution in [1.29, 1.82) is 0 Å². The number of nitrogens with zero attached hydrogens (tertiary/aromatic N) is 7. The molecule has 0 radical (unpaired) electrons. The molecular formula is C50H61N9O7. The quantitative estimate of drug-likeness (QED) is 0.0388. The number of para-hydroxylation sites is 2. The van der Waals surface area contributed by atoms with Crippen molar-refractivity contribution >= 4 is 11.8 Å². The topological polar surface area (TPSA) is 213 Å². The summed E-state index contributed by atoms with van der Waals surface area (Å²) in [7, 11) is 0. The summed E-state index contributed by atoms with van der Waals surface area (Å²) in [6, 6.07) is 24.3. The largest absolute Gasteiger partial charge is 0.508 e. The Balaban J connectivity index is 0.887. The minimum absolute atomic E-state index is 0.0381. The zero-order chi connectivity index (χ0) is 46.6. The fourth-order valence-electron chi connectivity index (χ4n) is 8.53. The third kappa shape index (κ3) is 11.5.